The van der Waals surface area contributed by atoms with Crippen molar-refractivity contribution in [2.75, 3.05) is 18.0 Å². The Hall–Kier alpha value is -2.61. The standard InChI is InChI=1S/C14H14N4O4/c19-7-3-4-18(6-7)11-2-1-9-8(15-11)5-10(22-9)12-13(20)17-14(21)16-12/h1-2,5,7,12,19H,3-4,6H2,(H2,16,17,20,21). The molecular weight excluding hydrogens is 288 g/mol. The summed E-state index contributed by atoms with van der Waals surface area (Å²) in [4.78, 5) is 29.3. The number of anilines is 1. The molecule has 2 saturated heterocycles. The number of nitrogens with one attached hydrogen (secondary N) is 2. The number of imide groups is 1. The molecule has 0 bridgehead atoms. The minimum Gasteiger partial charge on any atom is -0.457 e. The van der Waals surface area contributed by atoms with Crippen LogP contribution in [0.3, 0.4) is 0 Å². The Balaban J connectivity index is 1.66. The summed E-state index contributed by atoms with van der Waals surface area (Å²) in [6.07, 6.45) is 0.403. The Kier molecular flexibility index (Phi) is 2.80. The van der Waals surface area contributed by atoms with Gasteiger partial charge in [0.2, 0.25) is 0 Å². The number of amides is 3. The summed E-state index contributed by atoms with van der Waals surface area (Å²) in [5.41, 5.74) is 1.16. The average molecular weight is 302 g/mol. The Morgan fingerprint density at radius 2 is 2.23 bits per heavy atom. The minimum atomic E-state index is -0.821. The number of carbonyl (C=O) groups excluding carboxylic acids is 2. The number of nitrogens with zero attached hydrogens (tertiary/aromatic N) is 2. The van der Waals surface area contributed by atoms with Gasteiger partial charge in [-0.15, -0.1) is 0 Å². The monoisotopic (exact) mass is 302 g/mol. The number of urea groups is 1. The minimum absolute atomic E-state index is 0.324. The molecule has 2 fully saturated rings. The summed E-state index contributed by atoms with van der Waals surface area (Å²) in [6, 6.07) is 3.90. The number of fused-ring (bicyclic) bond motifs is 1. The molecule has 114 valence electrons. The molecule has 2 aliphatic heterocycles. The van der Waals surface area contributed by atoms with Crippen molar-refractivity contribution in [1.29, 1.82) is 0 Å². The average Bonchev–Trinajstić information content (AvgIpc) is 3.16. The van der Waals surface area contributed by atoms with Crippen LogP contribution in [0.4, 0.5) is 10.6 Å². The Bertz CT molecular complexity index is 771. The topological polar surface area (TPSA) is 108 Å². The number of aliphatic hydroxyl groups excluding tert-OH is 1. The SMILES string of the molecule is O=C1NC(=O)C(c2cc3nc(N4CCC(O)C4)ccc3o2)N1. The first-order chi connectivity index (χ1) is 10.6. The molecule has 22 heavy (non-hydrogen) atoms. The molecule has 0 radical (unpaired) electrons. The quantitative estimate of drug-likeness (QED) is 0.688. The maximum atomic E-state index is 11.7. The number of hydrogen-bond donors (Lipinski definition) is 3. The third kappa shape index (κ3) is 2.08. The molecule has 4 heterocycles. The lowest BCUT2D eigenvalue weighted by Gasteiger charge is -2.15. The Morgan fingerprint density at radius 3 is 2.91 bits per heavy atom. The zero-order valence-corrected chi connectivity index (χ0v) is 11.6. The normalized spacial score (nSPS) is 24.9. The molecule has 2 aromatic rings. The molecule has 0 aliphatic carbocycles. The van der Waals surface area contributed by atoms with Crippen molar-refractivity contribution in [1.82, 2.24) is 15.6 Å². The third-order valence-corrected chi connectivity index (χ3v) is 3.92. The number of aliphatic hydroxyl groups is 1. The van der Waals surface area contributed by atoms with Crippen LogP contribution in [0.1, 0.15) is 18.2 Å². The van der Waals surface area contributed by atoms with E-state index in [-0.39, 0.29) is 6.10 Å². The molecule has 0 aromatic carbocycles. The fraction of sp³-hybridized carbons (Fsp3) is 0.357. The van der Waals surface area contributed by atoms with Gasteiger partial charge in [-0.1, -0.05) is 0 Å². The smallest absolute Gasteiger partial charge is 0.322 e. The van der Waals surface area contributed by atoms with Gasteiger partial charge in [0.05, 0.1) is 6.10 Å². The molecule has 3 amide bonds. The fourth-order valence-corrected chi connectivity index (χ4v) is 2.82. The number of rotatable bonds is 2. The number of furan rings is 1. The summed E-state index contributed by atoms with van der Waals surface area (Å²) in [6.45, 7) is 1.32. The lowest BCUT2D eigenvalue weighted by Crippen LogP contribution is -2.22. The third-order valence-electron chi connectivity index (χ3n) is 3.92. The second-order valence-corrected chi connectivity index (χ2v) is 5.49. The van der Waals surface area contributed by atoms with Crippen LogP contribution in [0.25, 0.3) is 11.1 Å². The largest absolute Gasteiger partial charge is 0.457 e. The van der Waals surface area contributed by atoms with Crippen LogP contribution in [0.15, 0.2) is 22.6 Å². The fourth-order valence-electron chi connectivity index (χ4n) is 2.82. The van der Waals surface area contributed by atoms with Crippen molar-refractivity contribution in [3.63, 3.8) is 0 Å². The van der Waals surface area contributed by atoms with E-state index in [1.54, 1.807) is 12.1 Å². The molecule has 2 aliphatic rings. The van der Waals surface area contributed by atoms with E-state index < -0.39 is 18.0 Å². The van der Waals surface area contributed by atoms with Gasteiger partial charge in [0, 0.05) is 19.2 Å². The lowest BCUT2D eigenvalue weighted by molar-refractivity contribution is -0.120. The molecule has 8 heteroatoms. The van der Waals surface area contributed by atoms with Crippen molar-refractivity contribution < 1.29 is 19.1 Å². The number of hydrogen-bond acceptors (Lipinski definition) is 6. The first kappa shape index (κ1) is 13.1. The van der Waals surface area contributed by atoms with E-state index in [9.17, 15) is 14.7 Å². The summed E-state index contributed by atoms with van der Waals surface area (Å²) in [5.74, 6) is 0.674. The Labute approximate surface area is 125 Å². The highest BCUT2D eigenvalue weighted by atomic mass is 16.3. The highest BCUT2D eigenvalue weighted by Crippen LogP contribution is 2.27. The summed E-state index contributed by atoms with van der Waals surface area (Å²) in [5, 5.41) is 14.3. The van der Waals surface area contributed by atoms with Gasteiger partial charge >= 0.3 is 6.03 Å². The first-order valence-electron chi connectivity index (χ1n) is 7.05. The van der Waals surface area contributed by atoms with Crippen LogP contribution < -0.4 is 15.5 Å². The van der Waals surface area contributed by atoms with Gasteiger partial charge < -0.3 is 19.7 Å². The molecule has 2 unspecified atom stereocenters. The zero-order valence-electron chi connectivity index (χ0n) is 11.6. The molecule has 3 N–H and O–H groups in total. The molecule has 2 aromatic heterocycles. The van der Waals surface area contributed by atoms with Crippen LogP contribution in [0.2, 0.25) is 0 Å². The highest BCUT2D eigenvalue weighted by Gasteiger charge is 2.33. The van der Waals surface area contributed by atoms with E-state index in [4.69, 9.17) is 4.42 Å². The van der Waals surface area contributed by atoms with E-state index in [0.29, 0.717) is 23.4 Å². The van der Waals surface area contributed by atoms with E-state index in [1.165, 1.54) is 0 Å². The van der Waals surface area contributed by atoms with Crippen molar-refractivity contribution in [3.05, 3.63) is 24.0 Å². The summed E-state index contributed by atoms with van der Waals surface area (Å²) < 4.78 is 5.60. The van der Waals surface area contributed by atoms with E-state index in [2.05, 4.69) is 15.6 Å². The lowest BCUT2D eigenvalue weighted by atomic mass is 10.2. The van der Waals surface area contributed by atoms with E-state index in [1.807, 2.05) is 11.0 Å². The van der Waals surface area contributed by atoms with Gasteiger partial charge in [0.1, 0.15) is 17.1 Å². The predicted molar refractivity (Wildman–Crippen MR) is 76.3 cm³/mol. The second-order valence-electron chi connectivity index (χ2n) is 5.49. The van der Waals surface area contributed by atoms with Gasteiger partial charge in [0.15, 0.2) is 11.6 Å². The van der Waals surface area contributed by atoms with Crippen LogP contribution in [-0.2, 0) is 4.79 Å². The molecule has 0 spiro atoms. The van der Waals surface area contributed by atoms with Gasteiger partial charge in [-0.2, -0.15) is 0 Å². The van der Waals surface area contributed by atoms with Crippen LogP contribution in [0, 0.1) is 0 Å². The Morgan fingerprint density at radius 1 is 1.36 bits per heavy atom. The highest BCUT2D eigenvalue weighted by molar-refractivity contribution is 6.04. The van der Waals surface area contributed by atoms with Gasteiger partial charge in [-0.05, 0) is 18.6 Å². The second kappa shape index (κ2) is 4.70. The van der Waals surface area contributed by atoms with Crippen LogP contribution in [-0.4, -0.2) is 41.2 Å². The molecule has 4 rings (SSSR count). The van der Waals surface area contributed by atoms with E-state index >= 15 is 0 Å². The molecule has 0 saturated carbocycles. The van der Waals surface area contributed by atoms with Crippen molar-refractivity contribution >= 4 is 28.9 Å². The number of pyridine rings is 1. The maximum absolute atomic E-state index is 11.7. The van der Waals surface area contributed by atoms with Crippen molar-refractivity contribution in [2.24, 2.45) is 0 Å². The predicted octanol–water partition coefficient (Wildman–Crippen LogP) is 0.279. The van der Waals surface area contributed by atoms with Gasteiger partial charge in [-0.25, -0.2) is 9.78 Å². The van der Waals surface area contributed by atoms with Crippen molar-refractivity contribution in [2.45, 2.75) is 18.6 Å². The molecule has 2 atom stereocenters. The first-order valence-corrected chi connectivity index (χ1v) is 7.05. The van der Waals surface area contributed by atoms with Crippen LogP contribution in [0.5, 0.6) is 0 Å². The van der Waals surface area contributed by atoms with Gasteiger partial charge in [0.25, 0.3) is 5.91 Å². The number of carbonyl (C=O) groups is 2. The number of β-amino-alcohol motifs (C(OH)–C–C–N with tert-alkyl or cyclic N) is 1. The van der Waals surface area contributed by atoms with Crippen LogP contribution >= 0.6 is 0 Å². The molecular formula is C14H14N4O4. The zero-order chi connectivity index (χ0) is 15.3. The van der Waals surface area contributed by atoms with Gasteiger partial charge in [-0.3, -0.25) is 10.1 Å². The van der Waals surface area contributed by atoms with E-state index in [0.717, 1.165) is 18.8 Å². The number of aromatic nitrogens is 1. The van der Waals surface area contributed by atoms with Crippen molar-refractivity contribution in [3.8, 4) is 0 Å². The summed E-state index contributed by atoms with van der Waals surface area (Å²) >= 11 is 0. The molecule has 8 nitrogen and oxygen atoms in total. The summed E-state index contributed by atoms with van der Waals surface area (Å²) in [7, 11) is 0. The maximum Gasteiger partial charge on any atom is 0.322 e.